The lowest BCUT2D eigenvalue weighted by Crippen LogP contribution is -2.02. The monoisotopic (exact) mass is 1580 g/mol. The van der Waals surface area contributed by atoms with Crippen LogP contribution in [0.3, 0.4) is 0 Å². The Morgan fingerprint density at radius 2 is 0.419 bits per heavy atom. The van der Waals surface area contributed by atoms with Crippen LogP contribution in [0, 0.1) is 0 Å². The number of rotatable bonds is 10. The third-order valence-corrected chi connectivity index (χ3v) is 25.6. The average Bonchev–Trinajstić information content (AvgIpc) is 1.51. The number of nitrogens with zero attached hydrogens (tertiary/aromatic N) is 10. The number of fused-ring (bicyclic) bond motifs is 17. The summed E-state index contributed by atoms with van der Waals surface area (Å²) in [5.41, 5.74) is 29.6. The molecule has 0 aliphatic heterocycles. The molecule has 6 heterocycles. The highest BCUT2D eigenvalue weighted by Gasteiger charge is 2.34. The third-order valence-electron chi connectivity index (χ3n) is 25.6. The second-order valence-electron chi connectivity index (χ2n) is 32.2. The fraction of sp³-hybridized carbons (Fsp3) is 0. The van der Waals surface area contributed by atoms with Gasteiger partial charge in [-0.2, -0.15) is 0 Å². The van der Waals surface area contributed by atoms with Crippen LogP contribution >= 0.6 is 0 Å². The normalized spacial score (nSPS) is 12.0. The fourth-order valence-electron chi connectivity index (χ4n) is 20.5. The lowest BCUT2D eigenvalue weighted by Gasteiger charge is -2.18. The Labute approximate surface area is 711 Å². The Bertz CT molecular complexity index is 8640. The van der Waals surface area contributed by atoms with Crippen molar-refractivity contribution >= 4 is 120 Å². The first-order chi connectivity index (χ1) is 61.6. The molecule has 0 saturated heterocycles. The zero-order valence-corrected chi connectivity index (χ0v) is 66.7. The van der Waals surface area contributed by atoms with Crippen molar-refractivity contribution in [2.45, 2.75) is 0 Å². The molecule has 0 N–H and O–H groups in total. The van der Waals surface area contributed by atoms with Gasteiger partial charge in [0.15, 0.2) is 34.9 Å². The maximum atomic E-state index is 5.20. The van der Waals surface area contributed by atoms with Gasteiger partial charge in [-0.25, -0.2) is 29.9 Å². The molecule has 6 aromatic heterocycles. The average molecular weight is 1580 g/mol. The van der Waals surface area contributed by atoms with E-state index < -0.39 is 0 Å². The molecule has 0 bridgehead atoms. The topological polar surface area (TPSA) is 97.1 Å². The van der Waals surface area contributed by atoms with Crippen LogP contribution < -0.4 is 0 Å². The lowest BCUT2D eigenvalue weighted by atomic mass is 9.92. The molecule has 0 unspecified atom stereocenters. The Kier molecular flexibility index (Phi) is 15.3. The number of aromatic nitrogens is 10. The van der Waals surface area contributed by atoms with Crippen LogP contribution in [0.15, 0.2) is 413 Å². The van der Waals surface area contributed by atoms with Crippen molar-refractivity contribution in [1.82, 2.24) is 48.2 Å². The van der Waals surface area contributed by atoms with E-state index in [-0.39, 0.29) is 0 Å². The molecule has 19 aromatic carbocycles. The van der Waals surface area contributed by atoms with E-state index in [1.165, 1.54) is 153 Å². The standard InChI is InChI=1S/C59H35N5.C55H33N5/c1-4-18-36(19-5-1)57-60-58(37-20-6-2-7-21-37)62-59(61-57)45-34-35-49(42-27-13-12-26-41(42)45)64-50-33-17-30-44-40-25-11-10-24-39(40)43-29-16-31-47-51(43)54(52(44)50)56(64)53-46-28-14-15-32-48(46)63(55(47)53)38-22-8-3-9-23-38;1-4-16-34(17-5-1)53-56-54(35-18-6-2-7-19-35)58-55(57-53)36-30-32-38(33-31-36)60-46-29-15-26-42-40-23-11-10-22-39(40)41-25-14-27-44-47(41)50(48(42)46)52(60)49-43-24-12-13-28-45(43)59(51(44)49)37-20-8-3-9-21-37/h1-35H;1-33H. The molecule has 27 rings (SSSR count). The molecule has 0 saturated carbocycles. The molecule has 124 heavy (non-hydrogen) atoms. The summed E-state index contributed by atoms with van der Waals surface area (Å²) >= 11 is 0. The van der Waals surface area contributed by atoms with Gasteiger partial charge in [-0.15, -0.1) is 0 Å². The highest BCUT2D eigenvalue weighted by Crippen LogP contribution is 2.57. The molecule has 10 nitrogen and oxygen atoms in total. The number of para-hydroxylation sites is 4. The lowest BCUT2D eigenvalue weighted by molar-refractivity contribution is 1.07. The van der Waals surface area contributed by atoms with Crippen LogP contribution in [0.1, 0.15) is 0 Å². The summed E-state index contributed by atoms with van der Waals surface area (Å²) in [6, 6.07) is 147. The maximum absolute atomic E-state index is 5.20. The van der Waals surface area contributed by atoms with E-state index in [9.17, 15) is 0 Å². The zero-order valence-electron chi connectivity index (χ0n) is 66.7. The van der Waals surface area contributed by atoms with Gasteiger partial charge in [-0.1, -0.05) is 328 Å². The quantitative estimate of drug-likeness (QED) is 0.135. The van der Waals surface area contributed by atoms with E-state index in [0.29, 0.717) is 34.9 Å². The van der Waals surface area contributed by atoms with Gasteiger partial charge in [0.25, 0.3) is 0 Å². The second-order valence-corrected chi connectivity index (χ2v) is 32.2. The summed E-state index contributed by atoms with van der Waals surface area (Å²) in [4.78, 5) is 30.5. The van der Waals surface area contributed by atoms with Crippen LogP contribution in [0.25, 0.3) is 255 Å². The Morgan fingerprint density at radius 1 is 0.137 bits per heavy atom. The van der Waals surface area contributed by atoms with Gasteiger partial charge in [-0.3, -0.25) is 0 Å². The second kappa shape index (κ2) is 27.4. The molecule has 0 amide bonds. The van der Waals surface area contributed by atoms with Crippen molar-refractivity contribution in [1.29, 1.82) is 0 Å². The van der Waals surface area contributed by atoms with Crippen molar-refractivity contribution in [3.05, 3.63) is 413 Å². The van der Waals surface area contributed by atoms with E-state index >= 15 is 0 Å². The molecule has 0 radical (unpaired) electrons. The molecule has 10 heteroatoms. The van der Waals surface area contributed by atoms with Crippen LogP contribution in [-0.4, -0.2) is 48.2 Å². The molecular weight excluding hydrogens is 1510 g/mol. The molecular formula is C114H68N10. The van der Waals surface area contributed by atoms with Crippen molar-refractivity contribution in [2.24, 2.45) is 0 Å². The van der Waals surface area contributed by atoms with Gasteiger partial charge >= 0.3 is 0 Å². The van der Waals surface area contributed by atoms with E-state index in [2.05, 4.69) is 334 Å². The molecule has 25 aromatic rings. The minimum Gasteiger partial charge on any atom is -0.309 e. The van der Waals surface area contributed by atoms with Crippen molar-refractivity contribution in [3.8, 4) is 136 Å². The summed E-state index contributed by atoms with van der Waals surface area (Å²) in [7, 11) is 0. The SMILES string of the molecule is c1ccc(-c2nc(-c3ccccc3)nc(-c3ccc(-n4c5cccc6c5c5c7c(cccc7c7c(c8ccccc8n7-c7ccccc7)c54)-c4ccccc4-6)c4ccccc34)n2)cc1.c1ccc(-c2nc(-c3ccccc3)nc(-c3ccc(-n4c5cccc6c5c5c7c(cccc7c7c(c8ccccc8n7-c7ccccc7)c54)-c4ccccc4-6)cc3)n2)cc1. The van der Waals surface area contributed by atoms with Gasteiger partial charge in [0, 0.05) is 120 Å². The molecule has 0 fully saturated rings. The number of benzene rings is 19. The first-order valence-electron chi connectivity index (χ1n) is 42.2. The first-order valence-corrected chi connectivity index (χ1v) is 42.2. The van der Waals surface area contributed by atoms with E-state index in [4.69, 9.17) is 29.9 Å². The predicted octanol–water partition coefficient (Wildman–Crippen LogP) is 28.9. The van der Waals surface area contributed by atoms with Crippen molar-refractivity contribution < 1.29 is 0 Å². The Morgan fingerprint density at radius 3 is 0.839 bits per heavy atom. The molecule has 574 valence electrons. The Hall–Kier alpha value is -16.8. The summed E-state index contributed by atoms with van der Waals surface area (Å²) in [6.07, 6.45) is 0. The molecule has 2 aliphatic carbocycles. The van der Waals surface area contributed by atoms with E-state index in [1.54, 1.807) is 0 Å². The summed E-state index contributed by atoms with van der Waals surface area (Å²) < 4.78 is 10.0. The maximum Gasteiger partial charge on any atom is 0.164 e. The molecule has 0 atom stereocenters. The summed E-state index contributed by atoms with van der Waals surface area (Å²) in [5.74, 6) is 3.84. The van der Waals surface area contributed by atoms with Gasteiger partial charge in [0.2, 0.25) is 0 Å². The summed E-state index contributed by atoms with van der Waals surface area (Å²) in [5, 5.41) is 17.2. The minimum atomic E-state index is 0.633. The van der Waals surface area contributed by atoms with Gasteiger partial charge in [0.05, 0.1) is 49.8 Å². The van der Waals surface area contributed by atoms with Crippen molar-refractivity contribution in [3.63, 3.8) is 0 Å². The number of hydrogen-bond donors (Lipinski definition) is 0. The van der Waals surface area contributed by atoms with E-state index in [1.807, 2.05) is 97.1 Å². The Balaban J connectivity index is 0.000000133. The van der Waals surface area contributed by atoms with Crippen LogP contribution in [0.5, 0.6) is 0 Å². The van der Waals surface area contributed by atoms with Gasteiger partial charge in [-0.05, 0) is 135 Å². The highest BCUT2D eigenvalue weighted by molar-refractivity contribution is 6.43. The zero-order chi connectivity index (χ0) is 81.2. The van der Waals surface area contributed by atoms with Crippen LogP contribution in [0.2, 0.25) is 0 Å². The smallest absolute Gasteiger partial charge is 0.164 e. The van der Waals surface area contributed by atoms with Crippen molar-refractivity contribution in [2.75, 3.05) is 0 Å². The first kappa shape index (κ1) is 69.2. The fourth-order valence-corrected chi connectivity index (χ4v) is 20.5. The van der Waals surface area contributed by atoms with Gasteiger partial charge < -0.3 is 18.3 Å². The molecule has 0 spiro atoms. The number of hydrogen-bond acceptors (Lipinski definition) is 6. The summed E-state index contributed by atoms with van der Waals surface area (Å²) in [6.45, 7) is 0. The van der Waals surface area contributed by atoms with Crippen LogP contribution in [-0.2, 0) is 0 Å². The highest BCUT2D eigenvalue weighted by atomic mass is 15.1. The minimum absolute atomic E-state index is 0.633. The predicted molar refractivity (Wildman–Crippen MR) is 511 cm³/mol. The third kappa shape index (κ3) is 10.3. The largest absolute Gasteiger partial charge is 0.309 e. The molecule has 2 aliphatic rings. The van der Waals surface area contributed by atoms with E-state index in [0.717, 1.165) is 66.9 Å². The van der Waals surface area contributed by atoms with Crippen LogP contribution in [0.4, 0.5) is 0 Å². The van der Waals surface area contributed by atoms with Gasteiger partial charge in [0.1, 0.15) is 0 Å².